The Kier molecular flexibility index (Phi) is 7.70. The van der Waals surface area contributed by atoms with E-state index in [2.05, 4.69) is 10.6 Å². The van der Waals surface area contributed by atoms with Crippen LogP contribution in [0, 0.1) is 12.8 Å². The molecule has 1 aliphatic heterocycles. The molecule has 1 atom stereocenters. The van der Waals surface area contributed by atoms with Gasteiger partial charge in [0, 0.05) is 45.0 Å². The zero-order valence-electron chi connectivity index (χ0n) is 18.9. The highest BCUT2D eigenvalue weighted by molar-refractivity contribution is 5.93. The number of hydrogen-bond donors (Lipinski definition) is 2. The number of piperidine rings is 1. The molecule has 8 nitrogen and oxygen atoms in total. The van der Waals surface area contributed by atoms with E-state index in [1.165, 1.54) is 6.92 Å². The molecule has 0 radical (unpaired) electrons. The standard InChI is InChI=1S/C22H34N4O4/c1-15-9-10-18(12-19(15)23-16(2)27)24-20(28)26-11-7-8-17(14-26)13-25(6)21(29)30-22(3,4)5/h9-10,12,17H,7-8,11,13-14H2,1-6H3,(H,23,27)(H,24,28). The molecular formula is C22H34N4O4. The molecule has 1 heterocycles. The van der Waals surface area contributed by atoms with Gasteiger partial charge < -0.3 is 25.2 Å². The first-order valence-corrected chi connectivity index (χ1v) is 10.3. The van der Waals surface area contributed by atoms with Crippen LogP contribution in [0.5, 0.6) is 0 Å². The zero-order chi connectivity index (χ0) is 22.5. The molecule has 1 aromatic rings. The van der Waals surface area contributed by atoms with Crippen molar-refractivity contribution in [3.63, 3.8) is 0 Å². The second kappa shape index (κ2) is 9.82. The number of nitrogens with zero attached hydrogens (tertiary/aromatic N) is 2. The first-order valence-electron chi connectivity index (χ1n) is 10.3. The van der Waals surface area contributed by atoms with Crippen LogP contribution >= 0.6 is 0 Å². The van der Waals surface area contributed by atoms with Gasteiger partial charge in [0.2, 0.25) is 5.91 Å². The number of carbonyl (C=O) groups excluding carboxylic acids is 3. The van der Waals surface area contributed by atoms with E-state index in [1.807, 2.05) is 39.8 Å². The number of rotatable bonds is 4. The minimum Gasteiger partial charge on any atom is -0.444 e. The Bertz CT molecular complexity index is 788. The molecule has 1 aliphatic rings. The van der Waals surface area contributed by atoms with Crippen molar-refractivity contribution in [1.29, 1.82) is 0 Å². The average molecular weight is 419 g/mol. The summed E-state index contributed by atoms with van der Waals surface area (Å²) in [4.78, 5) is 39.7. The van der Waals surface area contributed by atoms with Crippen molar-refractivity contribution in [1.82, 2.24) is 9.80 Å². The number of nitrogens with one attached hydrogen (secondary N) is 2. The summed E-state index contributed by atoms with van der Waals surface area (Å²) < 4.78 is 5.41. The zero-order valence-corrected chi connectivity index (χ0v) is 18.9. The second-order valence-corrected chi connectivity index (χ2v) is 8.96. The smallest absolute Gasteiger partial charge is 0.410 e. The first-order chi connectivity index (χ1) is 13.9. The van der Waals surface area contributed by atoms with Gasteiger partial charge >= 0.3 is 12.1 Å². The van der Waals surface area contributed by atoms with Gasteiger partial charge in [0.15, 0.2) is 0 Å². The van der Waals surface area contributed by atoms with E-state index in [-0.39, 0.29) is 23.9 Å². The fourth-order valence-electron chi connectivity index (χ4n) is 3.43. The fourth-order valence-corrected chi connectivity index (χ4v) is 3.43. The maximum Gasteiger partial charge on any atom is 0.410 e. The highest BCUT2D eigenvalue weighted by Gasteiger charge is 2.27. The lowest BCUT2D eigenvalue weighted by Crippen LogP contribution is -2.46. The molecule has 0 aromatic heterocycles. The van der Waals surface area contributed by atoms with Crippen molar-refractivity contribution in [2.75, 3.05) is 37.3 Å². The maximum atomic E-state index is 12.8. The van der Waals surface area contributed by atoms with Crippen LogP contribution in [0.25, 0.3) is 0 Å². The minimum absolute atomic E-state index is 0.158. The van der Waals surface area contributed by atoms with Crippen LogP contribution in [-0.2, 0) is 9.53 Å². The summed E-state index contributed by atoms with van der Waals surface area (Å²) in [7, 11) is 1.73. The highest BCUT2D eigenvalue weighted by Crippen LogP contribution is 2.23. The third-order valence-electron chi connectivity index (χ3n) is 4.84. The molecule has 1 saturated heterocycles. The Hall–Kier alpha value is -2.77. The van der Waals surface area contributed by atoms with Crippen LogP contribution in [0.3, 0.4) is 0 Å². The summed E-state index contributed by atoms with van der Waals surface area (Å²) >= 11 is 0. The summed E-state index contributed by atoms with van der Waals surface area (Å²) in [6.07, 6.45) is 1.48. The number of urea groups is 1. The summed E-state index contributed by atoms with van der Waals surface area (Å²) in [6, 6.07) is 5.25. The highest BCUT2D eigenvalue weighted by atomic mass is 16.6. The van der Waals surface area contributed by atoms with Crippen LogP contribution in [0.15, 0.2) is 18.2 Å². The molecule has 30 heavy (non-hydrogen) atoms. The van der Waals surface area contributed by atoms with Crippen molar-refractivity contribution in [2.45, 2.75) is 53.1 Å². The van der Waals surface area contributed by atoms with Crippen molar-refractivity contribution in [3.05, 3.63) is 23.8 Å². The lowest BCUT2D eigenvalue weighted by molar-refractivity contribution is -0.114. The van der Waals surface area contributed by atoms with Crippen LogP contribution in [0.2, 0.25) is 0 Å². The van der Waals surface area contributed by atoms with E-state index >= 15 is 0 Å². The number of carbonyl (C=O) groups is 3. The predicted octanol–water partition coefficient (Wildman–Crippen LogP) is 4.06. The Morgan fingerprint density at radius 3 is 2.57 bits per heavy atom. The van der Waals surface area contributed by atoms with E-state index in [4.69, 9.17) is 4.74 Å². The number of ether oxygens (including phenoxy) is 1. The largest absolute Gasteiger partial charge is 0.444 e. The molecule has 166 valence electrons. The van der Waals surface area contributed by atoms with Gasteiger partial charge in [-0.3, -0.25) is 4.79 Å². The van der Waals surface area contributed by atoms with E-state index in [0.717, 1.165) is 18.4 Å². The SMILES string of the molecule is CC(=O)Nc1cc(NC(=O)N2CCCC(CN(C)C(=O)OC(C)(C)C)C2)ccc1C. The lowest BCUT2D eigenvalue weighted by Gasteiger charge is -2.35. The Morgan fingerprint density at radius 1 is 1.23 bits per heavy atom. The van der Waals surface area contributed by atoms with Crippen molar-refractivity contribution >= 4 is 29.4 Å². The number of anilines is 2. The van der Waals surface area contributed by atoms with Crippen molar-refractivity contribution in [2.24, 2.45) is 5.92 Å². The molecule has 0 aliphatic carbocycles. The molecule has 0 bridgehead atoms. The molecule has 0 spiro atoms. The Labute approximate surface area is 178 Å². The molecule has 1 fully saturated rings. The molecule has 4 amide bonds. The van der Waals surface area contributed by atoms with Gasteiger partial charge in [-0.2, -0.15) is 0 Å². The first kappa shape index (κ1) is 23.5. The molecule has 1 unspecified atom stereocenters. The van der Waals surface area contributed by atoms with E-state index in [0.29, 0.717) is 31.0 Å². The van der Waals surface area contributed by atoms with Gasteiger partial charge in [0.1, 0.15) is 5.60 Å². The molecular weight excluding hydrogens is 384 g/mol. The summed E-state index contributed by atoms with van der Waals surface area (Å²) in [6.45, 7) is 10.7. The number of likely N-dealkylation sites (tertiary alicyclic amines) is 1. The number of aryl methyl sites for hydroxylation is 1. The maximum absolute atomic E-state index is 12.8. The van der Waals surface area contributed by atoms with E-state index in [9.17, 15) is 14.4 Å². The van der Waals surface area contributed by atoms with Crippen LogP contribution < -0.4 is 10.6 Å². The van der Waals surface area contributed by atoms with Gasteiger partial charge in [-0.15, -0.1) is 0 Å². The van der Waals surface area contributed by atoms with Crippen LogP contribution in [0.1, 0.15) is 46.1 Å². The molecule has 2 N–H and O–H groups in total. The molecule has 8 heteroatoms. The number of amides is 4. The third-order valence-corrected chi connectivity index (χ3v) is 4.84. The van der Waals surface area contributed by atoms with E-state index in [1.54, 1.807) is 22.9 Å². The predicted molar refractivity (Wildman–Crippen MR) is 118 cm³/mol. The normalized spacial score (nSPS) is 16.6. The monoisotopic (exact) mass is 418 g/mol. The van der Waals surface area contributed by atoms with Gasteiger partial charge in [0.05, 0.1) is 0 Å². The number of benzene rings is 1. The summed E-state index contributed by atoms with van der Waals surface area (Å²) in [5.74, 6) is 0.0320. The summed E-state index contributed by atoms with van der Waals surface area (Å²) in [5.41, 5.74) is 1.69. The van der Waals surface area contributed by atoms with Gasteiger partial charge in [-0.1, -0.05) is 6.07 Å². The van der Waals surface area contributed by atoms with Gasteiger partial charge in [-0.05, 0) is 64.2 Å². The van der Waals surface area contributed by atoms with Crippen LogP contribution in [-0.4, -0.2) is 60.1 Å². The topological polar surface area (TPSA) is 91.0 Å². The Morgan fingerprint density at radius 2 is 1.93 bits per heavy atom. The van der Waals surface area contributed by atoms with Gasteiger partial charge in [-0.25, -0.2) is 9.59 Å². The molecule has 1 aromatic carbocycles. The van der Waals surface area contributed by atoms with Crippen molar-refractivity contribution < 1.29 is 19.1 Å². The summed E-state index contributed by atoms with van der Waals surface area (Å²) in [5, 5.41) is 5.68. The van der Waals surface area contributed by atoms with Gasteiger partial charge in [0.25, 0.3) is 0 Å². The van der Waals surface area contributed by atoms with Crippen molar-refractivity contribution in [3.8, 4) is 0 Å². The fraction of sp³-hybridized carbons (Fsp3) is 0.591. The molecule has 2 rings (SSSR count). The average Bonchev–Trinajstić information content (AvgIpc) is 2.63. The molecule has 0 saturated carbocycles. The Balaban J connectivity index is 1.94. The minimum atomic E-state index is -0.534. The number of hydrogen-bond acceptors (Lipinski definition) is 4. The lowest BCUT2D eigenvalue weighted by atomic mass is 9.98. The second-order valence-electron chi connectivity index (χ2n) is 8.96. The third kappa shape index (κ3) is 7.24. The van der Waals surface area contributed by atoms with E-state index < -0.39 is 5.60 Å². The van der Waals surface area contributed by atoms with Crippen LogP contribution in [0.4, 0.5) is 21.0 Å². The quantitative estimate of drug-likeness (QED) is 0.771.